The summed E-state index contributed by atoms with van der Waals surface area (Å²) >= 11 is 12.1. The highest BCUT2D eigenvalue weighted by atomic mass is 35.5. The van der Waals surface area contributed by atoms with Gasteiger partial charge in [-0.1, -0.05) is 36.5 Å². The van der Waals surface area contributed by atoms with E-state index in [1.165, 1.54) is 54.6 Å². The molecular formula is C27H25Cl2N3O6S. The molecule has 3 aromatic carbocycles. The molecule has 2 N–H and O–H groups in total. The molecule has 0 spiro atoms. The predicted molar refractivity (Wildman–Crippen MR) is 148 cm³/mol. The van der Waals surface area contributed by atoms with E-state index in [0.29, 0.717) is 24.1 Å². The Morgan fingerprint density at radius 3 is 2.49 bits per heavy atom. The van der Waals surface area contributed by atoms with Crippen LogP contribution in [0.4, 0.5) is 5.69 Å². The van der Waals surface area contributed by atoms with Gasteiger partial charge in [-0.25, -0.2) is 0 Å². The zero-order valence-electron chi connectivity index (χ0n) is 21.1. The minimum Gasteiger partial charge on any atom is -0.618 e. The lowest BCUT2D eigenvalue weighted by Crippen LogP contribution is -3.09. The van der Waals surface area contributed by atoms with Crippen LogP contribution in [-0.2, 0) is 14.8 Å². The molecule has 12 heteroatoms. The minimum atomic E-state index is -4.12. The van der Waals surface area contributed by atoms with Gasteiger partial charge in [0.15, 0.2) is 12.4 Å². The number of ether oxygens (including phenoxy) is 1. The maximum absolute atomic E-state index is 13.2. The standard InChI is InChI=1S/C27H25Cl2N3O6S/c1-3-4-9-32(35)39(36,37)22-6-7-24(17(2)10-22)31-26(33)16-38-25-8-5-20(28)14-23(25)27(34)19-11-18(15-30)12-21(29)13-19/h5-8,10-14,32H,3-4,9,16H2,1-2H3,(H,31,33). The quantitative estimate of drug-likeness (QED) is 0.251. The fraction of sp³-hybridized carbons (Fsp3) is 0.222. The number of sulfonamides is 1. The van der Waals surface area contributed by atoms with Crippen LogP contribution < -0.4 is 14.5 Å². The van der Waals surface area contributed by atoms with E-state index in [-0.39, 0.29) is 43.9 Å². The van der Waals surface area contributed by atoms with E-state index in [9.17, 15) is 28.5 Å². The van der Waals surface area contributed by atoms with Crippen molar-refractivity contribution in [2.75, 3.05) is 18.5 Å². The Kier molecular flexibility index (Phi) is 10.1. The van der Waals surface area contributed by atoms with Crippen LogP contribution in [0, 0.1) is 23.5 Å². The van der Waals surface area contributed by atoms with E-state index in [4.69, 9.17) is 27.9 Å². The Morgan fingerprint density at radius 2 is 1.82 bits per heavy atom. The Balaban J connectivity index is 1.74. The highest BCUT2D eigenvalue weighted by Crippen LogP contribution is 2.27. The molecule has 39 heavy (non-hydrogen) atoms. The van der Waals surface area contributed by atoms with Gasteiger partial charge < -0.3 is 15.3 Å². The minimum absolute atomic E-state index is 0.0559. The molecule has 0 fully saturated rings. The van der Waals surface area contributed by atoms with Crippen molar-refractivity contribution in [2.24, 2.45) is 0 Å². The molecule has 1 unspecified atom stereocenters. The lowest BCUT2D eigenvalue weighted by Gasteiger charge is -2.21. The van der Waals surface area contributed by atoms with E-state index in [1.54, 1.807) is 6.92 Å². The summed E-state index contributed by atoms with van der Waals surface area (Å²) in [6.07, 6.45) is 1.17. The van der Waals surface area contributed by atoms with E-state index in [2.05, 4.69) is 5.32 Å². The number of unbranched alkanes of at least 4 members (excludes halogenated alkanes) is 1. The van der Waals surface area contributed by atoms with Crippen molar-refractivity contribution in [1.29, 1.82) is 5.26 Å². The number of nitrogens with one attached hydrogen (secondary N) is 2. The zero-order valence-corrected chi connectivity index (χ0v) is 23.4. The van der Waals surface area contributed by atoms with Crippen LogP contribution in [0.2, 0.25) is 10.0 Å². The number of anilines is 1. The third-order valence-electron chi connectivity index (χ3n) is 5.65. The molecule has 1 amide bonds. The largest absolute Gasteiger partial charge is 0.618 e. The lowest BCUT2D eigenvalue weighted by atomic mass is 10.0. The van der Waals surface area contributed by atoms with Gasteiger partial charge in [-0.3, -0.25) is 14.1 Å². The van der Waals surface area contributed by atoms with Gasteiger partial charge in [0.1, 0.15) is 10.6 Å². The van der Waals surface area contributed by atoms with Gasteiger partial charge >= 0.3 is 10.0 Å². The van der Waals surface area contributed by atoms with Crippen LogP contribution in [0.15, 0.2) is 59.5 Å². The lowest BCUT2D eigenvalue weighted by molar-refractivity contribution is -0.708. The Bertz CT molecular complexity index is 1550. The van der Waals surface area contributed by atoms with Crippen molar-refractivity contribution in [2.45, 2.75) is 31.6 Å². The van der Waals surface area contributed by atoms with E-state index >= 15 is 0 Å². The van der Waals surface area contributed by atoms with Crippen LogP contribution in [0.5, 0.6) is 5.75 Å². The average molecular weight is 590 g/mol. The van der Waals surface area contributed by atoms with Gasteiger partial charge in [-0.05, 0) is 73.5 Å². The average Bonchev–Trinajstić information content (AvgIpc) is 2.91. The first-order valence-electron chi connectivity index (χ1n) is 11.8. The normalized spacial score (nSPS) is 11.9. The number of amides is 1. The van der Waals surface area contributed by atoms with Crippen molar-refractivity contribution in [3.63, 3.8) is 0 Å². The molecule has 3 aromatic rings. The first-order chi connectivity index (χ1) is 18.5. The Labute approximate surface area is 236 Å². The monoisotopic (exact) mass is 589 g/mol. The third kappa shape index (κ3) is 7.56. The number of nitrogens with zero attached hydrogens (tertiary/aromatic N) is 1. The van der Waals surface area contributed by atoms with Gasteiger partial charge in [0, 0.05) is 21.3 Å². The molecule has 0 aromatic heterocycles. The number of carbonyl (C=O) groups excluding carboxylic acids is 2. The number of hydrogen-bond donors (Lipinski definition) is 2. The highest BCUT2D eigenvalue weighted by Gasteiger charge is 2.23. The van der Waals surface area contributed by atoms with Crippen molar-refractivity contribution >= 4 is 50.6 Å². The number of benzene rings is 3. The first kappa shape index (κ1) is 30.1. The Hall–Kier alpha value is -3.46. The maximum Gasteiger partial charge on any atom is 0.325 e. The summed E-state index contributed by atoms with van der Waals surface area (Å²) in [5, 5.41) is 24.4. The molecule has 0 aliphatic heterocycles. The van der Waals surface area contributed by atoms with E-state index < -0.39 is 32.8 Å². The summed E-state index contributed by atoms with van der Waals surface area (Å²) in [7, 11) is -4.12. The fourth-order valence-corrected chi connectivity index (χ4v) is 5.27. The fourth-order valence-electron chi connectivity index (χ4n) is 3.61. The second-order valence-electron chi connectivity index (χ2n) is 8.60. The van der Waals surface area contributed by atoms with Gasteiger partial charge in [0.2, 0.25) is 0 Å². The summed E-state index contributed by atoms with van der Waals surface area (Å²) in [5.74, 6) is -0.995. The number of hydroxylamine groups is 1. The molecule has 0 aliphatic carbocycles. The van der Waals surface area contributed by atoms with Crippen LogP contribution in [0.1, 0.15) is 46.8 Å². The summed E-state index contributed by atoms with van der Waals surface area (Å²) in [6, 6.07) is 14.5. The second kappa shape index (κ2) is 13.1. The highest BCUT2D eigenvalue weighted by molar-refractivity contribution is 7.85. The van der Waals surface area contributed by atoms with Crippen molar-refractivity contribution in [3.8, 4) is 11.8 Å². The number of rotatable bonds is 11. The molecule has 0 bridgehead atoms. The molecule has 3 rings (SSSR count). The molecule has 0 saturated carbocycles. The summed E-state index contributed by atoms with van der Waals surface area (Å²) in [4.78, 5) is 25.6. The third-order valence-corrected chi connectivity index (χ3v) is 7.78. The zero-order chi connectivity index (χ0) is 28.7. The van der Waals surface area contributed by atoms with Crippen LogP contribution >= 0.6 is 23.2 Å². The molecule has 0 aliphatic rings. The summed E-state index contributed by atoms with van der Waals surface area (Å²) < 4.78 is 29.8. The number of hydrogen-bond acceptors (Lipinski definition) is 7. The van der Waals surface area contributed by atoms with Gasteiger partial charge in [0.25, 0.3) is 5.91 Å². The van der Waals surface area contributed by atoms with Crippen molar-refractivity contribution < 1.29 is 27.2 Å². The van der Waals surface area contributed by atoms with E-state index in [1.807, 2.05) is 13.0 Å². The molecule has 0 saturated heterocycles. The number of ketones is 1. The van der Waals surface area contributed by atoms with Crippen LogP contribution in [0.25, 0.3) is 0 Å². The topological polar surface area (TPSA) is 141 Å². The molecular weight excluding hydrogens is 565 g/mol. The Morgan fingerprint density at radius 1 is 1.08 bits per heavy atom. The number of halogens is 2. The molecule has 9 nitrogen and oxygen atoms in total. The van der Waals surface area contributed by atoms with Gasteiger partial charge in [-0.15, -0.1) is 0 Å². The number of nitriles is 1. The molecule has 1 atom stereocenters. The van der Waals surface area contributed by atoms with Crippen LogP contribution in [-0.4, -0.2) is 33.3 Å². The summed E-state index contributed by atoms with van der Waals surface area (Å²) in [6.45, 7) is 2.93. The SMILES string of the molecule is CCCC[NH+]([O-])S(=O)(=O)c1ccc(NC(=O)COc2ccc(Cl)cc2C(=O)c2cc(Cl)cc(C#N)c2)c(C)c1. The number of quaternary nitrogens is 1. The maximum atomic E-state index is 13.2. The van der Waals surface area contributed by atoms with Crippen molar-refractivity contribution in [3.05, 3.63) is 92.1 Å². The second-order valence-corrected chi connectivity index (χ2v) is 11.4. The predicted octanol–water partition coefficient (Wildman–Crippen LogP) is 4.29. The number of carbonyl (C=O) groups is 2. The first-order valence-corrected chi connectivity index (χ1v) is 14.1. The summed E-state index contributed by atoms with van der Waals surface area (Å²) in [5.41, 5.74) is 1.19. The molecule has 0 radical (unpaired) electrons. The van der Waals surface area contributed by atoms with Gasteiger partial charge in [-0.2, -0.15) is 13.7 Å². The smallest absolute Gasteiger partial charge is 0.325 e. The van der Waals surface area contributed by atoms with Gasteiger partial charge in [0.05, 0.1) is 23.7 Å². The molecule has 204 valence electrons. The molecule has 0 heterocycles. The van der Waals surface area contributed by atoms with E-state index in [0.717, 1.165) is 0 Å². The van der Waals surface area contributed by atoms with Crippen LogP contribution in [0.3, 0.4) is 0 Å². The number of aryl methyl sites for hydroxylation is 1. The van der Waals surface area contributed by atoms with Crippen molar-refractivity contribution in [1.82, 2.24) is 0 Å².